The van der Waals surface area contributed by atoms with Crippen LogP contribution in [-0.4, -0.2) is 45.6 Å². The van der Waals surface area contributed by atoms with Crippen molar-refractivity contribution >= 4 is 29.6 Å². The molecule has 0 fully saturated rings. The summed E-state index contributed by atoms with van der Waals surface area (Å²) in [5, 5.41) is 20.0. The van der Waals surface area contributed by atoms with Crippen molar-refractivity contribution in [3.63, 3.8) is 0 Å². The molecule has 1 unspecified atom stereocenters. The highest BCUT2D eigenvalue weighted by atomic mass is 32.2. The van der Waals surface area contributed by atoms with Crippen molar-refractivity contribution in [1.29, 1.82) is 0 Å². The molecule has 116 valence electrons. The van der Waals surface area contributed by atoms with E-state index in [0.717, 1.165) is 0 Å². The third-order valence-electron chi connectivity index (χ3n) is 2.29. The first-order valence-corrected chi connectivity index (χ1v) is 7.59. The van der Waals surface area contributed by atoms with E-state index >= 15 is 0 Å². The minimum Gasteiger partial charge on any atom is -0.481 e. The monoisotopic (exact) mass is 305 g/mol. The Morgan fingerprint density at radius 3 is 2.25 bits per heavy atom. The number of thioether (sulfide) groups is 1. The number of hydrogen-bond acceptors (Lipinski definition) is 4. The van der Waals surface area contributed by atoms with Gasteiger partial charge in [0.1, 0.15) is 6.04 Å². The summed E-state index contributed by atoms with van der Waals surface area (Å²) in [5.41, 5.74) is -0.193. The second kappa shape index (κ2) is 8.84. The summed E-state index contributed by atoms with van der Waals surface area (Å²) in [6, 6.07) is -0.931. The molecule has 6 nitrogen and oxygen atoms in total. The Morgan fingerprint density at radius 1 is 1.20 bits per heavy atom. The van der Waals surface area contributed by atoms with Gasteiger partial charge in [0.2, 0.25) is 5.91 Å². The maximum atomic E-state index is 11.7. The van der Waals surface area contributed by atoms with E-state index in [4.69, 9.17) is 10.2 Å². The lowest BCUT2D eigenvalue weighted by molar-refractivity contribution is -0.141. The molecule has 3 N–H and O–H groups in total. The number of amides is 1. The lowest BCUT2D eigenvalue weighted by Gasteiger charge is -2.20. The van der Waals surface area contributed by atoms with Gasteiger partial charge in [-0.3, -0.25) is 9.59 Å². The molecule has 0 radical (unpaired) electrons. The maximum absolute atomic E-state index is 11.7. The van der Waals surface area contributed by atoms with Crippen molar-refractivity contribution in [2.45, 2.75) is 46.1 Å². The van der Waals surface area contributed by atoms with Crippen LogP contribution >= 0.6 is 11.8 Å². The lowest BCUT2D eigenvalue weighted by atomic mass is 9.92. The molecule has 7 heteroatoms. The van der Waals surface area contributed by atoms with Crippen molar-refractivity contribution in [3.8, 4) is 0 Å². The van der Waals surface area contributed by atoms with E-state index in [0.29, 0.717) is 12.2 Å². The van der Waals surface area contributed by atoms with Gasteiger partial charge in [0, 0.05) is 18.6 Å². The highest BCUT2D eigenvalue weighted by Gasteiger charge is 2.23. The van der Waals surface area contributed by atoms with Crippen molar-refractivity contribution in [1.82, 2.24) is 5.32 Å². The molecule has 0 saturated heterocycles. The summed E-state index contributed by atoms with van der Waals surface area (Å²) in [7, 11) is 0. The Bertz CT molecular complexity index is 351. The topological polar surface area (TPSA) is 104 Å². The molecule has 0 aromatic heterocycles. The third kappa shape index (κ3) is 10.7. The smallest absolute Gasteiger partial charge is 0.327 e. The fraction of sp³-hybridized carbons (Fsp3) is 0.769. The van der Waals surface area contributed by atoms with Gasteiger partial charge in [-0.15, -0.1) is 0 Å². The van der Waals surface area contributed by atoms with Crippen molar-refractivity contribution in [2.24, 2.45) is 5.41 Å². The Balaban J connectivity index is 4.08. The molecule has 0 aromatic carbocycles. The number of aliphatic carboxylic acids is 2. The molecule has 0 bridgehead atoms. The van der Waals surface area contributed by atoms with Crippen LogP contribution < -0.4 is 5.32 Å². The number of carbonyl (C=O) groups excluding carboxylic acids is 1. The standard InChI is InChI=1S/C13H23NO5S/c1-13(2,3)7-10(15)14-9(12(18)19)8-20-6-4-5-11(16)17/h9H,4-8H2,1-3H3,(H,14,15)(H,16,17)(H,18,19). The van der Waals surface area contributed by atoms with Crippen LogP contribution in [0.2, 0.25) is 0 Å². The van der Waals surface area contributed by atoms with Gasteiger partial charge in [-0.05, 0) is 17.6 Å². The minimum atomic E-state index is -1.07. The van der Waals surface area contributed by atoms with E-state index in [1.54, 1.807) is 0 Å². The zero-order chi connectivity index (χ0) is 15.8. The summed E-state index contributed by atoms with van der Waals surface area (Å²) < 4.78 is 0. The first-order valence-electron chi connectivity index (χ1n) is 6.43. The van der Waals surface area contributed by atoms with Crippen LogP contribution in [0.3, 0.4) is 0 Å². The van der Waals surface area contributed by atoms with Gasteiger partial charge < -0.3 is 15.5 Å². The summed E-state index contributed by atoms with van der Waals surface area (Å²) in [6.07, 6.45) is 0.823. The second-order valence-electron chi connectivity index (χ2n) is 5.77. The van der Waals surface area contributed by atoms with E-state index in [1.807, 2.05) is 20.8 Å². The number of carbonyl (C=O) groups is 3. The van der Waals surface area contributed by atoms with E-state index in [-0.39, 0.29) is 29.9 Å². The first kappa shape index (κ1) is 18.8. The van der Waals surface area contributed by atoms with Crippen LogP contribution in [0.5, 0.6) is 0 Å². The number of rotatable bonds is 9. The van der Waals surface area contributed by atoms with Crippen LogP contribution in [-0.2, 0) is 14.4 Å². The van der Waals surface area contributed by atoms with Crippen LogP contribution in [0.15, 0.2) is 0 Å². The Labute approximate surface area is 123 Å². The minimum absolute atomic E-state index is 0.0706. The molecule has 1 amide bonds. The molecular weight excluding hydrogens is 282 g/mol. The molecule has 1 atom stereocenters. The predicted molar refractivity (Wildman–Crippen MR) is 77.8 cm³/mol. The molecule has 20 heavy (non-hydrogen) atoms. The van der Waals surface area contributed by atoms with Crippen molar-refractivity contribution in [2.75, 3.05) is 11.5 Å². The van der Waals surface area contributed by atoms with Crippen LogP contribution in [0.4, 0.5) is 0 Å². The summed E-state index contributed by atoms with van der Waals surface area (Å²) >= 11 is 1.33. The Morgan fingerprint density at radius 2 is 1.80 bits per heavy atom. The maximum Gasteiger partial charge on any atom is 0.327 e. The fourth-order valence-electron chi connectivity index (χ4n) is 1.43. The number of hydrogen-bond donors (Lipinski definition) is 3. The molecule has 0 saturated carbocycles. The van der Waals surface area contributed by atoms with Gasteiger partial charge in [0.15, 0.2) is 0 Å². The second-order valence-corrected chi connectivity index (χ2v) is 6.92. The van der Waals surface area contributed by atoms with Crippen molar-refractivity contribution in [3.05, 3.63) is 0 Å². The van der Waals surface area contributed by atoms with E-state index in [9.17, 15) is 14.4 Å². The van der Waals surface area contributed by atoms with E-state index < -0.39 is 18.0 Å². The van der Waals surface area contributed by atoms with Gasteiger partial charge >= 0.3 is 11.9 Å². The SMILES string of the molecule is CC(C)(C)CC(=O)NC(CSCCCC(=O)O)C(=O)O. The molecular formula is C13H23NO5S. The highest BCUT2D eigenvalue weighted by molar-refractivity contribution is 7.99. The van der Waals surface area contributed by atoms with Gasteiger partial charge in [-0.25, -0.2) is 4.79 Å². The molecule has 0 spiro atoms. The zero-order valence-corrected chi connectivity index (χ0v) is 13.0. The summed E-state index contributed by atoms with van der Waals surface area (Å²) in [4.78, 5) is 33.1. The quantitative estimate of drug-likeness (QED) is 0.559. The fourth-order valence-corrected chi connectivity index (χ4v) is 2.41. The predicted octanol–water partition coefficient (Wildman–Crippen LogP) is 1.59. The van der Waals surface area contributed by atoms with E-state index in [1.165, 1.54) is 11.8 Å². The Kier molecular flexibility index (Phi) is 8.29. The summed E-state index contributed by atoms with van der Waals surface area (Å²) in [5.74, 6) is -1.41. The first-order chi connectivity index (χ1) is 9.11. The lowest BCUT2D eigenvalue weighted by Crippen LogP contribution is -2.43. The third-order valence-corrected chi connectivity index (χ3v) is 3.43. The average Bonchev–Trinajstić information content (AvgIpc) is 2.23. The van der Waals surface area contributed by atoms with Crippen LogP contribution in [0, 0.1) is 5.41 Å². The highest BCUT2D eigenvalue weighted by Crippen LogP contribution is 2.18. The van der Waals surface area contributed by atoms with E-state index in [2.05, 4.69) is 5.32 Å². The van der Waals surface area contributed by atoms with Gasteiger partial charge in [-0.2, -0.15) is 11.8 Å². The largest absolute Gasteiger partial charge is 0.481 e. The van der Waals surface area contributed by atoms with Crippen LogP contribution in [0.25, 0.3) is 0 Å². The molecule has 0 aromatic rings. The van der Waals surface area contributed by atoms with Crippen molar-refractivity contribution < 1.29 is 24.6 Å². The van der Waals surface area contributed by atoms with Gasteiger partial charge in [0.25, 0.3) is 0 Å². The molecule has 0 aliphatic carbocycles. The molecule has 0 heterocycles. The summed E-state index contributed by atoms with van der Waals surface area (Å²) in [6.45, 7) is 5.72. The molecule has 0 aliphatic rings. The van der Waals surface area contributed by atoms with Crippen LogP contribution in [0.1, 0.15) is 40.0 Å². The average molecular weight is 305 g/mol. The zero-order valence-electron chi connectivity index (χ0n) is 12.1. The molecule has 0 aliphatic heterocycles. The number of nitrogens with one attached hydrogen (secondary N) is 1. The molecule has 0 rings (SSSR count). The Hall–Kier alpha value is -1.24. The number of carboxylic acid groups (broad SMARTS) is 2. The normalized spacial score (nSPS) is 12.8. The van der Waals surface area contributed by atoms with Gasteiger partial charge in [-0.1, -0.05) is 20.8 Å². The number of carboxylic acids is 2. The van der Waals surface area contributed by atoms with Gasteiger partial charge in [0.05, 0.1) is 0 Å².